The molecule has 0 spiro atoms. The summed E-state index contributed by atoms with van der Waals surface area (Å²) in [6, 6.07) is 1.84. The van der Waals surface area contributed by atoms with Crippen molar-refractivity contribution in [1.82, 2.24) is 10.2 Å². The van der Waals surface area contributed by atoms with E-state index in [1.807, 2.05) is 13.8 Å². The van der Waals surface area contributed by atoms with Gasteiger partial charge < -0.3 is 14.6 Å². The normalized spacial score (nSPS) is 20.5. The van der Waals surface area contributed by atoms with Gasteiger partial charge in [0.15, 0.2) is 0 Å². The van der Waals surface area contributed by atoms with E-state index in [1.54, 1.807) is 11.0 Å². The van der Waals surface area contributed by atoms with Crippen LogP contribution in [0.2, 0.25) is 0 Å². The summed E-state index contributed by atoms with van der Waals surface area (Å²) >= 11 is 0. The molecule has 2 amide bonds. The highest BCUT2D eigenvalue weighted by Gasteiger charge is 2.29. The Hall–Kier alpha value is -1.78. The molecule has 1 aliphatic rings. The highest BCUT2D eigenvalue weighted by atomic mass is 16.3. The highest BCUT2D eigenvalue weighted by molar-refractivity contribution is 5.94. The molecule has 1 aliphatic heterocycles. The zero-order valence-corrected chi connectivity index (χ0v) is 12.1. The Morgan fingerprint density at radius 1 is 1.55 bits per heavy atom. The number of nitrogens with zero attached hydrogens (tertiary/aromatic N) is 1. The van der Waals surface area contributed by atoms with Gasteiger partial charge in [-0.1, -0.05) is 6.92 Å². The van der Waals surface area contributed by atoms with Gasteiger partial charge in [-0.3, -0.25) is 9.59 Å². The lowest BCUT2D eigenvalue weighted by Gasteiger charge is -2.32. The fourth-order valence-electron chi connectivity index (χ4n) is 2.41. The van der Waals surface area contributed by atoms with Crippen LogP contribution in [0, 0.1) is 5.92 Å². The number of carbonyl (C=O) groups is 2. The lowest BCUT2D eigenvalue weighted by Crippen LogP contribution is -2.47. The number of piperidine rings is 1. The Kier molecular flexibility index (Phi) is 4.82. The molecule has 1 fully saturated rings. The SMILES string of the molecule is CCC(C)NC(=O)C1CCCN(C(=O)c2ccoc2)C1. The van der Waals surface area contributed by atoms with Crippen LogP contribution in [0.15, 0.2) is 23.0 Å². The third kappa shape index (κ3) is 3.40. The lowest BCUT2D eigenvalue weighted by atomic mass is 9.96. The van der Waals surface area contributed by atoms with Crippen LogP contribution >= 0.6 is 0 Å². The van der Waals surface area contributed by atoms with Crippen molar-refractivity contribution in [2.24, 2.45) is 5.92 Å². The number of likely N-dealkylation sites (tertiary alicyclic amines) is 1. The fraction of sp³-hybridized carbons (Fsp3) is 0.600. The van der Waals surface area contributed by atoms with Gasteiger partial charge in [0.1, 0.15) is 6.26 Å². The molecule has 20 heavy (non-hydrogen) atoms. The molecule has 1 aromatic rings. The molecule has 0 saturated carbocycles. The minimum Gasteiger partial charge on any atom is -0.472 e. The Labute approximate surface area is 119 Å². The summed E-state index contributed by atoms with van der Waals surface area (Å²) in [5.41, 5.74) is 0.549. The number of hydrogen-bond acceptors (Lipinski definition) is 3. The zero-order valence-electron chi connectivity index (χ0n) is 12.1. The standard InChI is InChI=1S/C15H22N2O3/c1-3-11(2)16-14(18)12-5-4-7-17(9-12)15(19)13-6-8-20-10-13/h6,8,10-12H,3-5,7,9H2,1-2H3,(H,16,18). The predicted molar refractivity (Wildman–Crippen MR) is 75.2 cm³/mol. The first-order chi connectivity index (χ1) is 9.61. The smallest absolute Gasteiger partial charge is 0.257 e. The lowest BCUT2D eigenvalue weighted by molar-refractivity contribution is -0.126. The van der Waals surface area contributed by atoms with Crippen LogP contribution < -0.4 is 5.32 Å². The predicted octanol–water partition coefficient (Wildman–Crippen LogP) is 2.05. The molecule has 0 aromatic carbocycles. The van der Waals surface area contributed by atoms with E-state index < -0.39 is 0 Å². The third-order valence-corrected chi connectivity index (χ3v) is 3.85. The topological polar surface area (TPSA) is 62.6 Å². The largest absolute Gasteiger partial charge is 0.472 e. The first-order valence-corrected chi connectivity index (χ1v) is 7.23. The molecule has 110 valence electrons. The quantitative estimate of drug-likeness (QED) is 0.916. The number of rotatable bonds is 4. The van der Waals surface area contributed by atoms with Crippen molar-refractivity contribution in [3.8, 4) is 0 Å². The van der Waals surface area contributed by atoms with E-state index in [2.05, 4.69) is 5.32 Å². The Bertz CT molecular complexity index is 456. The molecule has 2 rings (SSSR count). The molecular formula is C15H22N2O3. The molecule has 1 saturated heterocycles. The van der Waals surface area contributed by atoms with Crippen LogP contribution in [0.4, 0.5) is 0 Å². The average Bonchev–Trinajstić information content (AvgIpc) is 3.00. The maximum atomic E-state index is 12.2. The first-order valence-electron chi connectivity index (χ1n) is 7.23. The third-order valence-electron chi connectivity index (χ3n) is 3.85. The maximum absolute atomic E-state index is 12.2. The van der Waals surface area contributed by atoms with Gasteiger partial charge in [-0.2, -0.15) is 0 Å². The molecule has 1 N–H and O–H groups in total. The van der Waals surface area contributed by atoms with Gasteiger partial charge in [-0.25, -0.2) is 0 Å². The van der Waals surface area contributed by atoms with Crippen molar-refractivity contribution >= 4 is 11.8 Å². The molecule has 0 radical (unpaired) electrons. The van der Waals surface area contributed by atoms with Crippen molar-refractivity contribution in [2.75, 3.05) is 13.1 Å². The molecule has 5 nitrogen and oxygen atoms in total. The Morgan fingerprint density at radius 3 is 3.00 bits per heavy atom. The zero-order chi connectivity index (χ0) is 14.5. The second kappa shape index (κ2) is 6.59. The molecule has 5 heteroatoms. The van der Waals surface area contributed by atoms with E-state index in [1.165, 1.54) is 12.5 Å². The number of nitrogens with one attached hydrogen (secondary N) is 1. The van der Waals surface area contributed by atoms with Crippen LogP contribution in [0.3, 0.4) is 0 Å². The van der Waals surface area contributed by atoms with E-state index in [-0.39, 0.29) is 23.8 Å². The van der Waals surface area contributed by atoms with Gasteiger partial charge in [0, 0.05) is 19.1 Å². The molecule has 2 atom stereocenters. The van der Waals surface area contributed by atoms with Gasteiger partial charge in [0.25, 0.3) is 5.91 Å². The Balaban J connectivity index is 1.95. The van der Waals surface area contributed by atoms with E-state index in [9.17, 15) is 9.59 Å². The molecule has 0 bridgehead atoms. The maximum Gasteiger partial charge on any atom is 0.257 e. The minimum absolute atomic E-state index is 0.0558. The fourth-order valence-corrected chi connectivity index (χ4v) is 2.41. The summed E-state index contributed by atoms with van der Waals surface area (Å²) in [7, 11) is 0. The van der Waals surface area contributed by atoms with Crippen molar-refractivity contribution in [3.63, 3.8) is 0 Å². The van der Waals surface area contributed by atoms with Crippen LogP contribution in [0.1, 0.15) is 43.5 Å². The van der Waals surface area contributed by atoms with Gasteiger partial charge in [-0.05, 0) is 32.3 Å². The van der Waals surface area contributed by atoms with E-state index in [0.717, 1.165) is 19.3 Å². The van der Waals surface area contributed by atoms with Crippen LogP contribution in [0.5, 0.6) is 0 Å². The monoisotopic (exact) mass is 278 g/mol. The number of amides is 2. The van der Waals surface area contributed by atoms with Crippen LogP contribution in [-0.2, 0) is 4.79 Å². The minimum atomic E-state index is -0.103. The van der Waals surface area contributed by atoms with Crippen LogP contribution in [0.25, 0.3) is 0 Å². The second-order valence-corrected chi connectivity index (χ2v) is 5.42. The summed E-state index contributed by atoms with van der Waals surface area (Å²) in [6.45, 7) is 5.24. The molecule has 2 unspecified atom stereocenters. The summed E-state index contributed by atoms with van der Waals surface area (Å²) in [6.07, 6.45) is 5.56. The average molecular weight is 278 g/mol. The molecule has 0 aliphatic carbocycles. The number of carbonyl (C=O) groups excluding carboxylic acids is 2. The van der Waals surface area contributed by atoms with Crippen molar-refractivity contribution in [3.05, 3.63) is 24.2 Å². The van der Waals surface area contributed by atoms with Gasteiger partial charge in [0.05, 0.1) is 17.7 Å². The van der Waals surface area contributed by atoms with Gasteiger partial charge >= 0.3 is 0 Å². The van der Waals surface area contributed by atoms with Crippen LogP contribution in [-0.4, -0.2) is 35.8 Å². The Morgan fingerprint density at radius 2 is 2.35 bits per heavy atom. The number of furan rings is 1. The van der Waals surface area contributed by atoms with Gasteiger partial charge in [-0.15, -0.1) is 0 Å². The summed E-state index contributed by atoms with van der Waals surface area (Å²) < 4.78 is 4.94. The van der Waals surface area contributed by atoms with Crippen molar-refractivity contribution in [2.45, 2.75) is 39.2 Å². The van der Waals surface area contributed by atoms with E-state index in [0.29, 0.717) is 18.7 Å². The van der Waals surface area contributed by atoms with E-state index >= 15 is 0 Å². The first kappa shape index (κ1) is 14.6. The van der Waals surface area contributed by atoms with Gasteiger partial charge in [0.2, 0.25) is 5.91 Å². The molecule has 2 heterocycles. The summed E-state index contributed by atoms with van der Waals surface area (Å²) in [5, 5.41) is 3.00. The molecular weight excluding hydrogens is 256 g/mol. The number of hydrogen-bond donors (Lipinski definition) is 1. The highest BCUT2D eigenvalue weighted by Crippen LogP contribution is 2.19. The second-order valence-electron chi connectivity index (χ2n) is 5.42. The summed E-state index contributed by atoms with van der Waals surface area (Å²) in [4.78, 5) is 26.1. The molecule has 1 aromatic heterocycles. The van der Waals surface area contributed by atoms with Crippen molar-refractivity contribution in [1.29, 1.82) is 0 Å². The summed E-state index contributed by atoms with van der Waals surface area (Å²) in [5.74, 6) is -0.0996. The van der Waals surface area contributed by atoms with Crippen molar-refractivity contribution < 1.29 is 14.0 Å². The van der Waals surface area contributed by atoms with E-state index in [4.69, 9.17) is 4.42 Å².